The van der Waals surface area contributed by atoms with Crippen LogP contribution in [0.1, 0.15) is 42.8 Å². The van der Waals surface area contributed by atoms with Gasteiger partial charge in [0.1, 0.15) is 12.4 Å². The molecule has 25 heavy (non-hydrogen) atoms. The molecule has 0 aromatic carbocycles. The summed E-state index contributed by atoms with van der Waals surface area (Å²) in [6.07, 6.45) is 0.936. The number of hydrogen-bond acceptors (Lipinski definition) is 5. The highest BCUT2D eigenvalue weighted by Crippen LogP contribution is 2.17. The monoisotopic (exact) mass is 364 g/mol. The van der Waals surface area contributed by atoms with Gasteiger partial charge in [-0.1, -0.05) is 6.07 Å². The quantitative estimate of drug-likeness (QED) is 0.406. The number of nitrogens with one attached hydrogen (secondary N) is 2. The molecule has 2 heterocycles. The summed E-state index contributed by atoms with van der Waals surface area (Å²) in [5.41, 5.74) is 0. The molecule has 1 unspecified atom stereocenters. The van der Waals surface area contributed by atoms with Crippen molar-refractivity contribution in [3.8, 4) is 0 Å². The van der Waals surface area contributed by atoms with Gasteiger partial charge in [-0.15, -0.1) is 21.5 Å². The van der Waals surface area contributed by atoms with Crippen molar-refractivity contribution >= 4 is 17.3 Å². The normalized spacial score (nSPS) is 13.0. The van der Waals surface area contributed by atoms with Crippen LogP contribution in [0, 0.1) is 6.92 Å². The largest absolute Gasteiger partial charge is 0.382 e. The standard InChI is InChI=1S/C17H28N6OS/c1-5-24-10-7-9-18-17(20-13(2)15-8-6-11-25-15)19-12-16-22-21-14(3)23(16)4/h6,8,11,13H,5,7,9-10,12H2,1-4H3,(H2,18,19,20). The maximum absolute atomic E-state index is 5.38. The fourth-order valence-electron chi connectivity index (χ4n) is 2.23. The van der Waals surface area contributed by atoms with Crippen LogP contribution in [0.2, 0.25) is 0 Å². The molecule has 1 atom stereocenters. The highest BCUT2D eigenvalue weighted by Gasteiger charge is 2.10. The van der Waals surface area contributed by atoms with Crippen LogP contribution in [0.4, 0.5) is 0 Å². The second-order valence-electron chi connectivity index (χ2n) is 5.75. The van der Waals surface area contributed by atoms with Crippen LogP contribution in [-0.2, 0) is 18.3 Å². The molecule has 8 heteroatoms. The Kier molecular flexibility index (Phi) is 7.87. The Labute approximate surface area is 153 Å². The third kappa shape index (κ3) is 6.13. The summed E-state index contributed by atoms with van der Waals surface area (Å²) < 4.78 is 7.34. The molecule has 0 aliphatic heterocycles. The Morgan fingerprint density at radius 1 is 1.44 bits per heavy atom. The summed E-state index contributed by atoms with van der Waals surface area (Å²) in [5.74, 6) is 2.51. The zero-order valence-corrected chi connectivity index (χ0v) is 16.3. The van der Waals surface area contributed by atoms with E-state index < -0.39 is 0 Å². The van der Waals surface area contributed by atoms with Crippen LogP contribution in [-0.4, -0.2) is 40.5 Å². The van der Waals surface area contributed by atoms with E-state index in [2.05, 4.69) is 50.3 Å². The summed E-state index contributed by atoms with van der Waals surface area (Å²) in [7, 11) is 1.96. The second-order valence-corrected chi connectivity index (χ2v) is 6.73. The Bertz CT molecular complexity index is 652. The smallest absolute Gasteiger partial charge is 0.192 e. The lowest BCUT2D eigenvalue weighted by Gasteiger charge is -2.17. The number of aryl methyl sites for hydroxylation is 1. The number of aromatic nitrogens is 3. The summed E-state index contributed by atoms with van der Waals surface area (Å²) in [4.78, 5) is 5.95. The molecule has 0 aliphatic rings. The lowest BCUT2D eigenvalue weighted by atomic mass is 10.3. The van der Waals surface area contributed by atoms with E-state index in [1.165, 1.54) is 4.88 Å². The first-order valence-corrected chi connectivity index (χ1v) is 9.50. The molecule has 2 aromatic rings. The fraction of sp³-hybridized carbons (Fsp3) is 0.588. The third-order valence-electron chi connectivity index (χ3n) is 3.85. The van der Waals surface area contributed by atoms with Gasteiger partial charge in [0.25, 0.3) is 0 Å². The molecule has 2 rings (SSSR count). The van der Waals surface area contributed by atoms with Crippen LogP contribution in [0.25, 0.3) is 0 Å². The van der Waals surface area contributed by atoms with Gasteiger partial charge < -0.3 is 19.9 Å². The molecular weight excluding hydrogens is 336 g/mol. The van der Waals surface area contributed by atoms with Gasteiger partial charge >= 0.3 is 0 Å². The minimum Gasteiger partial charge on any atom is -0.382 e. The van der Waals surface area contributed by atoms with Crippen molar-refractivity contribution < 1.29 is 4.74 Å². The van der Waals surface area contributed by atoms with Crippen molar-refractivity contribution in [3.63, 3.8) is 0 Å². The van der Waals surface area contributed by atoms with Gasteiger partial charge in [-0.3, -0.25) is 0 Å². The van der Waals surface area contributed by atoms with Crippen molar-refractivity contribution in [2.75, 3.05) is 19.8 Å². The molecule has 2 aromatic heterocycles. The summed E-state index contributed by atoms with van der Waals surface area (Å²) >= 11 is 1.74. The number of guanidine groups is 1. The van der Waals surface area contributed by atoms with Crippen molar-refractivity contribution in [1.29, 1.82) is 0 Å². The van der Waals surface area contributed by atoms with E-state index in [1.807, 2.05) is 25.5 Å². The molecule has 7 nitrogen and oxygen atoms in total. The average Bonchev–Trinajstić information content (AvgIpc) is 3.24. The Balaban J connectivity index is 1.97. The second kappa shape index (κ2) is 10.1. The summed E-state index contributed by atoms with van der Waals surface area (Å²) in [6, 6.07) is 4.38. The summed E-state index contributed by atoms with van der Waals surface area (Å²) in [6.45, 7) is 8.86. The van der Waals surface area contributed by atoms with E-state index in [0.717, 1.165) is 43.8 Å². The van der Waals surface area contributed by atoms with Crippen molar-refractivity contribution in [1.82, 2.24) is 25.4 Å². The van der Waals surface area contributed by atoms with Crippen LogP contribution in [0.5, 0.6) is 0 Å². The summed E-state index contributed by atoms with van der Waals surface area (Å²) in [5, 5.41) is 17.2. The first kappa shape index (κ1) is 19.4. The van der Waals surface area contributed by atoms with Crippen LogP contribution in [0.3, 0.4) is 0 Å². The highest BCUT2D eigenvalue weighted by atomic mass is 32.1. The number of nitrogens with zero attached hydrogens (tertiary/aromatic N) is 4. The van der Waals surface area contributed by atoms with Crippen molar-refractivity contribution in [3.05, 3.63) is 34.0 Å². The molecule has 0 bridgehead atoms. The predicted octanol–water partition coefficient (Wildman–Crippen LogP) is 2.41. The van der Waals surface area contributed by atoms with Gasteiger partial charge in [0.05, 0.1) is 6.04 Å². The molecule has 0 saturated carbocycles. The van der Waals surface area contributed by atoms with Gasteiger partial charge in [-0.05, 0) is 38.6 Å². The Morgan fingerprint density at radius 3 is 2.92 bits per heavy atom. The average molecular weight is 365 g/mol. The zero-order chi connectivity index (χ0) is 18.1. The SMILES string of the molecule is CCOCCCNC(=NCc1nnc(C)n1C)NC(C)c1cccs1. The predicted molar refractivity (Wildman–Crippen MR) is 102 cm³/mol. The first-order chi connectivity index (χ1) is 12.1. The van der Waals surface area contributed by atoms with E-state index in [0.29, 0.717) is 6.54 Å². The molecule has 0 radical (unpaired) electrons. The maximum Gasteiger partial charge on any atom is 0.192 e. The lowest BCUT2D eigenvalue weighted by molar-refractivity contribution is 0.145. The van der Waals surface area contributed by atoms with Gasteiger partial charge in [0.15, 0.2) is 11.8 Å². The Morgan fingerprint density at radius 2 is 2.28 bits per heavy atom. The van der Waals surface area contributed by atoms with Crippen LogP contribution < -0.4 is 10.6 Å². The molecule has 0 aliphatic carbocycles. The molecule has 0 fully saturated rings. The Hall–Kier alpha value is -1.93. The van der Waals surface area contributed by atoms with E-state index in [4.69, 9.17) is 4.74 Å². The lowest BCUT2D eigenvalue weighted by Crippen LogP contribution is -2.39. The number of ether oxygens (including phenoxy) is 1. The van der Waals surface area contributed by atoms with Crippen molar-refractivity contribution in [2.24, 2.45) is 12.0 Å². The van der Waals surface area contributed by atoms with Crippen LogP contribution in [0.15, 0.2) is 22.5 Å². The molecule has 0 spiro atoms. The topological polar surface area (TPSA) is 76.4 Å². The number of aliphatic imine (C=N–C) groups is 1. The van der Waals surface area contributed by atoms with Gasteiger partial charge in [0.2, 0.25) is 0 Å². The fourth-order valence-corrected chi connectivity index (χ4v) is 2.96. The molecule has 0 saturated heterocycles. The van der Waals surface area contributed by atoms with Gasteiger partial charge in [-0.2, -0.15) is 0 Å². The van der Waals surface area contributed by atoms with Crippen LogP contribution >= 0.6 is 11.3 Å². The minimum atomic E-state index is 0.194. The van der Waals surface area contributed by atoms with E-state index in [-0.39, 0.29) is 6.04 Å². The molecular formula is C17H28N6OS. The van der Waals surface area contributed by atoms with E-state index >= 15 is 0 Å². The molecule has 2 N–H and O–H groups in total. The first-order valence-electron chi connectivity index (χ1n) is 8.62. The number of hydrogen-bond donors (Lipinski definition) is 2. The zero-order valence-electron chi connectivity index (χ0n) is 15.5. The minimum absolute atomic E-state index is 0.194. The number of rotatable bonds is 9. The van der Waals surface area contributed by atoms with Gasteiger partial charge in [0, 0.05) is 31.7 Å². The van der Waals surface area contributed by atoms with E-state index in [1.54, 1.807) is 11.3 Å². The molecule has 138 valence electrons. The molecule has 0 amide bonds. The maximum atomic E-state index is 5.38. The van der Waals surface area contributed by atoms with Gasteiger partial charge in [-0.25, -0.2) is 4.99 Å². The third-order valence-corrected chi connectivity index (χ3v) is 4.90. The van der Waals surface area contributed by atoms with E-state index in [9.17, 15) is 0 Å². The highest BCUT2D eigenvalue weighted by molar-refractivity contribution is 7.10. The van der Waals surface area contributed by atoms with Crippen molar-refractivity contribution in [2.45, 2.75) is 39.8 Å². The number of thiophene rings is 1.